The first-order valence-electron chi connectivity index (χ1n) is 7.14. The van der Waals surface area contributed by atoms with Crippen LogP contribution in [0.5, 0.6) is 0 Å². The molecule has 0 bridgehead atoms. The van der Waals surface area contributed by atoms with Crippen molar-refractivity contribution in [2.24, 2.45) is 0 Å². The van der Waals surface area contributed by atoms with Gasteiger partial charge in [-0.2, -0.15) is 8.42 Å². The molecule has 3 aromatic rings. The van der Waals surface area contributed by atoms with Crippen LogP contribution >= 0.6 is 22.9 Å². The summed E-state index contributed by atoms with van der Waals surface area (Å²) in [6.07, 6.45) is 0. The quantitative estimate of drug-likeness (QED) is 0.603. The molecule has 0 saturated carbocycles. The van der Waals surface area contributed by atoms with Crippen molar-refractivity contribution in [3.05, 3.63) is 64.7 Å². The number of nitrogens with zero attached hydrogens (tertiary/aromatic N) is 2. The summed E-state index contributed by atoms with van der Waals surface area (Å²) in [4.78, 5) is 12.2. The molecule has 0 spiro atoms. The summed E-state index contributed by atoms with van der Waals surface area (Å²) in [6, 6.07) is 9.12. The number of benzene rings is 2. The van der Waals surface area contributed by atoms with Crippen molar-refractivity contribution in [1.29, 1.82) is 0 Å². The van der Waals surface area contributed by atoms with Crippen LogP contribution in [-0.4, -0.2) is 24.5 Å². The second-order valence-electron chi connectivity index (χ2n) is 5.01. The lowest BCUT2D eigenvalue weighted by Crippen LogP contribution is -2.15. The van der Waals surface area contributed by atoms with Crippen molar-refractivity contribution < 1.29 is 22.0 Å². The minimum Gasteiger partial charge on any atom is -0.296 e. The van der Waals surface area contributed by atoms with Crippen molar-refractivity contribution >= 4 is 49.7 Å². The first kappa shape index (κ1) is 19.1. The van der Waals surface area contributed by atoms with Gasteiger partial charge in [-0.25, -0.2) is 8.78 Å². The Bertz CT molecular complexity index is 1100. The summed E-state index contributed by atoms with van der Waals surface area (Å²) < 4.78 is 53.0. The number of sulfonamides is 1. The van der Waals surface area contributed by atoms with Crippen molar-refractivity contribution in [2.75, 3.05) is 10.0 Å². The van der Waals surface area contributed by atoms with E-state index >= 15 is 0 Å². The number of carbonyl (C=O) groups excluding carboxylic acids is 1. The van der Waals surface area contributed by atoms with Crippen molar-refractivity contribution in [3.63, 3.8) is 0 Å². The first-order chi connectivity index (χ1) is 12.8. The minimum atomic E-state index is -4.41. The number of hydrogen-bond acceptors (Lipinski definition) is 6. The summed E-state index contributed by atoms with van der Waals surface area (Å²) in [5, 5.41) is 9.42. The highest BCUT2D eigenvalue weighted by Gasteiger charge is 2.24. The predicted molar refractivity (Wildman–Crippen MR) is 96.5 cm³/mol. The summed E-state index contributed by atoms with van der Waals surface area (Å²) in [6.45, 7) is 0. The Balaban J connectivity index is 1.80. The molecule has 0 saturated heterocycles. The van der Waals surface area contributed by atoms with Gasteiger partial charge in [-0.05, 0) is 24.3 Å². The average Bonchev–Trinajstić information content (AvgIpc) is 3.08. The zero-order valence-corrected chi connectivity index (χ0v) is 15.5. The number of halogens is 3. The van der Waals surface area contributed by atoms with Gasteiger partial charge in [0, 0.05) is 0 Å². The van der Waals surface area contributed by atoms with Crippen LogP contribution in [0.1, 0.15) is 10.4 Å². The summed E-state index contributed by atoms with van der Waals surface area (Å²) in [5.74, 6) is -2.79. The lowest BCUT2D eigenvalue weighted by Gasteiger charge is -2.07. The SMILES string of the molecule is O=C(Nc1nnc(S(=O)(=O)Nc2c(F)cccc2F)s1)c1ccccc1Cl. The van der Waals surface area contributed by atoms with Gasteiger partial charge in [-0.1, -0.05) is 41.1 Å². The van der Waals surface area contributed by atoms with E-state index in [1.807, 2.05) is 0 Å². The molecule has 2 N–H and O–H groups in total. The fourth-order valence-electron chi connectivity index (χ4n) is 1.95. The maximum Gasteiger partial charge on any atom is 0.291 e. The van der Waals surface area contributed by atoms with Gasteiger partial charge in [0.25, 0.3) is 20.3 Å². The van der Waals surface area contributed by atoms with Crippen molar-refractivity contribution in [3.8, 4) is 0 Å². The van der Waals surface area contributed by atoms with Crippen molar-refractivity contribution in [1.82, 2.24) is 10.2 Å². The van der Waals surface area contributed by atoms with Crippen LogP contribution in [0.3, 0.4) is 0 Å². The number of rotatable bonds is 5. The Kier molecular flexibility index (Phi) is 5.35. The van der Waals surface area contributed by atoms with Gasteiger partial charge in [0.15, 0.2) is 0 Å². The topological polar surface area (TPSA) is 101 Å². The first-order valence-corrected chi connectivity index (χ1v) is 9.82. The number of carbonyl (C=O) groups is 1. The number of anilines is 2. The number of nitrogens with one attached hydrogen (secondary N) is 2. The lowest BCUT2D eigenvalue weighted by atomic mass is 10.2. The second kappa shape index (κ2) is 7.55. The Morgan fingerprint density at radius 3 is 2.37 bits per heavy atom. The van der Waals surface area contributed by atoms with E-state index in [-0.39, 0.29) is 15.7 Å². The number of para-hydroxylation sites is 1. The molecular weight excluding hydrogens is 422 g/mol. The molecule has 27 heavy (non-hydrogen) atoms. The van der Waals surface area contributed by atoms with Gasteiger partial charge in [-0.15, -0.1) is 10.2 Å². The van der Waals surface area contributed by atoms with Crippen LogP contribution in [0.15, 0.2) is 46.8 Å². The molecule has 0 atom stereocenters. The van der Waals surface area contributed by atoms with E-state index in [4.69, 9.17) is 11.6 Å². The zero-order valence-electron chi connectivity index (χ0n) is 13.1. The molecule has 0 fully saturated rings. The highest BCUT2D eigenvalue weighted by atomic mass is 35.5. The molecule has 140 valence electrons. The van der Waals surface area contributed by atoms with Gasteiger partial charge in [-0.3, -0.25) is 14.8 Å². The van der Waals surface area contributed by atoms with Crippen LogP contribution in [-0.2, 0) is 10.0 Å². The molecular formula is C15H9ClF2N4O3S2. The molecule has 0 aliphatic carbocycles. The van der Waals surface area contributed by atoms with E-state index in [2.05, 4.69) is 15.5 Å². The maximum atomic E-state index is 13.6. The summed E-state index contributed by atoms with van der Waals surface area (Å²) in [5.41, 5.74) is -0.681. The molecule has 1 aromatic heterocycles. The monoisotopic (exact) mass is 430 g/mol. The Hall–Kier alpha value is -2.63. The summed E-state index contributed by atoms with van der Waals surface area (Å²) >= 11 is 6.42. The van der Waals surface area contributed by atoms with Gasteiger partial charge in [0.1, 0.15) is 17.3 Å². The lowest BCUT2D eigenvalue weighted by molar-refractivity contribution is 0.102. The zero-order chi connectivity index (χ0) is 19.6. The standard InChI is InChI=1S/C15H9ClF2N4O3S2/c16-9-5-2-1-4-8(9)13(23)19-14-20-21-15(26-14)27(24,25)22-12-10(17)6-3-7-11(12)18/h1-7,22H,(H,19,20,23). The normalized spacial score (nSPS) is 11.2. The van der Waals surface area contributed by atoms with Gasteiger partial charge in [0.2, 0.25) is 5.13 Å². The largest absolute Gasteiger partial charge is 0.296 e. The van der Waals surface area contributed by atoms with Gasteiger partial charge in [0.05, 0.1) is 10.6 Å². The molecule has 1 amide bonds. The Morgan fingerprint density at radius 2 is 1.70 bits per heavy atom. The average molecular weight is 431 g/mol. The van der Waals surface area contributed by atoms with Gasteiger partial charge >= 0.3 is 0 Å². The third kappa shape index (κ3) is 4.21. The van der Waals surface area contributed by atoms with E-state index in [0.29, 0.717) is 11.3 Å². The highest BCUT2D eigenvalue weighted by Crippen LogP contribution is 2.26. The molecule has 12 heteroatoms. The number of amides is 1. The molecule has 3 rings (SSSR count). The predicted octanol–water partition coefficient (Wildman–Crippen LogP) is 3.52. The van der Waals surface area contributed by atoms with Crippen LogP contribution < -0.4 is 10.0 Å². The van der Waals surface area contributed by atoms with Crippen LogP contribution in [0.4, 0.5) is 19.6 Å². The molecule has 2 aromatic carbocycles. The van der Waals surface area contributed by atoms with Crippen LogP contribution in [0, 0.1) is 11.6 Å². The van der Waals surface area contributed by atoms with Gasteiger partial charge < -0.3 is 0 Å². The van der Waals surface area contributed by atoms with E-state index in [0.717, 1.165) is 18.2 Å². The number of hydrogen-bond donors (Lipinski definition) is 2. The van der Waals surface area contributed by atoms with E-state index in [1.54, 1.807) is 16.9 Å². The summed E-state index contributed by atoms with van der Waals surface area (Å²) in [7, 11) is -4.41. The molecule has 1 heterocycles. The minimum absolute atomic E-state index is 0.130. The van der Waals surface area contributed by atoms with E-state index in [1.165, 1.54) is 12.1 Å². The fourth-order valence-corrected chi connectivity index (χ4v) is 4.15. The molecule has 0 unspecified atom stereocenters. The molecule has 0 aliphatic heterocycles. The highest BCUT2D eigenvalue weighted by molar-refractivity contribution is 7.94. The van der Waals surface area contributed by atoms with Crippen LogP contribution in [0.2, 0.25) is 5.02 Å². The Morgan fingerprint density at radius 1 is 1.04 bits per heavy atom. The Labute approximate surface area is 161 Å². The van der Waals surface area contributed by atoms with Crippen molar-refractivity contribution in [2.45, 2.75) is 4.34 Å². The maximum absolute atomic E-state index is 13.6. The smallest absolute Gasteiger partial charge is 0.291 e. The third-order valence-corrected chi connectivity index (χ3v) is 6.06. The molecule has 0 aliphatic rings. The van der Waals surface area contributed by atoms with Crippen LogP contribution in [0.25, 0.3) is 0 Å². The third-order valence-electron chi connectivity index (χ3n) is 3.17. The van der Waals surface area contributed by atoms with E-state index in [9.17, 15) is 22.0 Å². The molecule has 7 nitrogen and oxygen atoms in total. The number of aromatic nitrogens is 2. The van der Waals surface area contributed by atoms with E-state index < -0.39 is 37.6 Å². The fraction of sp³-hybridized carbons (Fsp3) is 0. The second-order valence-corrected chi connectivity index (χ2v) is 8.25. The molecule has 0 radical (unpaired) electrons.